The zero-order valence-corrected chi connectivity index (χ0v) is 12.2. The molecule has 0 fully saturated rings. The van der Waals surface area contributed by atoms with E-state index in [1.54, 1.807) is 0 Å². The quantitative estimate of drug-likeness (QED) is 0.656. The highest BCUT2D eigenvalue weighted by molar-refractivity contribution is 9.10. The van der Waals surface area contributed by atoms with Gasteiger partial charge in [0, 0.05) is 16.6 Å². The van der Waals surface area contributed by atoms with Gasteiger partial charge in [0.2, 0.25) is 0 Å². The SMILES string of the molecule is O=C(O)c1cc(OCc2cccc(Br)c2)ccc1[N+](=O)[O-]. The van der Waals surface area contributed by atoms with Gasteiger partial charge in [-0.15, -0.1) is 0 Å². The Morgan fingerprint density at radius 1 is 1.29 bits per heavy atom. The molecule has 2 aromatic rings. The Hall–Kier alpha value is -2.41. The van der Waals surface area contributed by atoms with Crippen LogP contribution in [-0.2, 0) is 6.61 Å². The molecule has 0 amide bonds. The molecule has 0 atom stereocenters. The number of hydrogen-bond acceptors (Lipinski definition) is 4. The van der Waals surface area contributed by atoms with E-state index >= 15 is 0 Å². The Balaban J connectivity index is 2.19. The molecule has 0 unspecified atom stereocenters. The first-order valence-corrected chi connectivity index (χ1v) is 6.65. The molecule has 0 aliphatic rings. The van der Waals surface area contributed by atoms with Crippen molar-refractivity contribution in [3.8, 4) is 5.75 Å². The maximum absolute atomic E-state index is 11.0. The highest BCUT2D eigenvalue weighted by Crippen LogP contribution is 2.25. The molecule has 0 heterocycles. The number of nitro benzene ring substituents is 1. The minimum atomic E-state index is -1.37. The van der Waals surface area contributed by atoms with Crippen molar-refractivity contribution in [2.24, 2.45) is 0 Å². The monoisotopic (exact) mass is 351 g/mol. The number of carbonyl (C=O) groups is 1. The summed E-state index contributed by atoms with van der Waals surface area (Å²) in [6.07, 6.45) is 0. The summed E-state index contributed by atoms with van der Waals surface area (Å²) in [6, 6.07) is 11.1. The molecular weight excluding hydrogens is 342 g/mol. The van der Waals surface area contributed by atoms with E-state index in [2.05, 4.69) is 15.9 Å². The Morgan fingerprint density at radius 2 is 2.05 bits per heavy atom. The van der Waals surface area contributed by atoms with Gasteiger partial charge in [-0.2, -0.15) is 0 Å². The van der Waals surface area contributed by atoms with Gasteiger partial charge in [0.15, 0.2) is 0 Å². The number of nitrogens with zero attached hydrogens (tertiary/aromatic N) is 1. The molecule has 0 bridgehead atoms. The molecule has 6 nitrogen and oxygen atoms in total. The number of nitro groups is 1. The third kappa shape index (κ3) is 3.79. The first-order valence-electron chi connectivity index (χ1n) is 5.86. The smallest absolute Gasteiger partial charge is 0.342 e. The normalized spacial score (nSPS) is 10.1. The first-order chi connectivity index (χ1) is 9.97. The molecule has 7 heteroatoms. The van der Waals surface area contributed by atoms with Gasteiger partial charge < -0.3 is 9.84 Å². The summed E-state index contributed by atoms with van der Waals surface area (Å²) in [6.45, 7) is 0.232. The van der Waals surface area contributed by atoms with Crippen LogP contribution in [0.2, 0.25) is 0 Å². The van der Waals surface area contributed by atoms with Crippen molar-refractivity contribution in [2.45, 2.75) is 6.61 Å². The second kappa shape index (κ2) is 6.36. The summed E-state index contributed by atoms with van der Waals surface area (Å²) in [7, 11) is 0. The van der Waals surface area contributed by atoms with Crippen LogP contribution in [0.15, 0.2) is 46.9 Å². The minimum Gasteiger partial charge on any atom is -0.489 e. The summed E-state index contributed by atoms with van der Waals surface area (Å²) < 4.78 is 6.37. The molecule has 108 valence electrons. The Morgan fingerprint density at radius 3 is 2.67 bits per heavy atom. The van der Waals surface area contributed by atoms with Crippen LogP contribution in [-0.4, -0.2) is 16.0 Å². The van der Waals surface area contributed by atoms with Crippen molar-refractivity contribution >= 4 is 27.6 Å². The fourth-order valence-corrected chi connectivity index (χ4v) is 2.18. The van der Waals surface area contributed by atoms with Gasteiger partial charge in [0.25, 0.3) is 5.69 Å². The second-order valence-corrected chi connectivity index (χ2v) is 5.08. The molecule has 0 aliphatic heterocycles. The van der Waals surface area contributed by atoms with Crippen LogP contribution < -0.4 is 4.74 Å². The van der Waals surface area contributed by atoms with E-state index in [0.717, 1.165) is 22.2 Å². The maximum atomic E-state index is 11.0. The van der Waals surface area contributed by atoms with Gasteiger partial charge in [0.1, 0.15) is 17.9 Å². The van der Waals surface area contributed by atoms with Gasteiger partial charge in [-0.3, -0.25) is 10.1 Å². The van der Waals surface area contributed by atoms with Gasteiger partial charge in [-0.25, -0.2) is 4.79 Å². The van der Waals surface area contributed by atoms with Crippen molar-refractivity contribution in [2.75, 3.05) is 0 Å². The average Bonchev–Trinajstić information content (AvgIpc) is 2.44. The highest BCUT2D eigenvalue weighted by Gasteiger charge is 2.20. The lowest BCUT2D eigenvalue weighted by molar-refractivity contribution is -0.385. The number of benzene rings is 2. The predicted molar refractivity (Wildman–Crippen MR) is 78.5 cm³/mol. The van der Waals surface area contributed by atoms with E-state index in [9.17, 15) is 14.9 Å². The van der Waals surface area contributed by atoms with Gasteiger partial charge in [0.05, 0.1) is 4.92 Å². The van der Waals surface area contributed by atoms with E-state index in [1.165, 1.54) is 6.07 Å². The number of aromatic carboxylic acids is 1. The lowest BCUT2D eigenvalue weighted by Crippen LogP contribution is -2.04. The molecule has 0 aromatic heterocycles. The Bertz CT molecular complexity index is 702. The van der Waals surface area contributed by atoms with Crippen LogP contribution in [0.1, 0.15) is 15.9 Å². The number of carboxylic acids is 1. The van der Waals surface area contributed by atoms with E-state index in [0.29, 0.717) is 0 Å². The van der Waals surface area contributed by atoms with E-state index in [4.69, 9.17) is 9.84 Å². The standard InChI is InChI=1S/C14H10BrNO5/c15-10-3-1-2-9(6-10)8-21-11-4-5-13(16(19)20)12(7-11)14(17)18/h1-7H,8H2,(H,17,18). The predicted octanol–water partition coefficient (Wildman–Crippen LogP) is 3.63. The van der Waals surface area contributed by atoms with Crippen molar-refractivity contribution in [1.29, 1.82) is 0 Å². The van der Waals surface area contributed by atoms with Crippen molar-refractivity contribution in [3.63, 3.8) is 0 Å². The largest absolute Gasteiger partial charge is 0.489 e. The Kier molecular flexibility index (Phi) is 4.54. The van der Waals surface area contributed by atoms with Crippen LogP contribution >= 0.6 is 15.9 Å². The molecule has 21 heavy (non-hydrogen) atoms. The zero-order valence-electron chi connectivity index (χ0n) is 10.7. The number of ether oxygens (including phenoxy) is 1. The molecular formula is C14H10BrNO5. The fraction of sp³-hybridized carbons (Fsp3) is 0.0714. The molecule has 0 radical (unpaired) electrons. The van der Waals surface area contributed by atoms with E-state index in [-0.39, 0.29) is 12.4 Å². The highest BCUT2D eigenvalue weighted by atomic mass is 79.9. The second-order valence-electron chi connectivity index (χ2n) is 4.16. The van der Waals surface area contributed by atoms with Crippen LogP contribution in [0, 0.1) is 10.1 Å². The summed E-state index contributed by atoms with van der Waals surface area (Å²) in [4.78, 5) is 21.0. The van der Waals surface area contributed by atoms with Crippen molar-refractivity contribution in [1.82, 2.24) is 0 Å². The van der Waals surface area contributed by atoms with E-state index < -0.39 is 22.1 Å². The zero-order chi connectivity index (χ0) is 15.4. The van der Waals surface area contributed by atoms with Crippen molar-refractivity contribution in [3.05, 3.63) is 68.2 Å². The summed E-state index contributed by atoms with van der Waals surface area (Å²) in [5.74, 6) is -1.10. The van der Waals surface area contributed by atoms with Crippen LogP contribution in [0.3, 0.4) is 0 Å². The molecule has 0 spiro atoms. The first kappa shape index (κ1) is 15.0. The lowest BCUT2D eigenvalue weighted by atomic mass is 10.1. The number of carboxylic acid groups (broad SMARTS) is 1. The maximum Gasteiger partial charge on any atom is 0.342 e. The third-order valence-corrected chi connectivity index (χ3v) is 3.18. The van der Waals surface area contributed by atoms with Gasteiger partial charge >= 0.3 is 5.97 Å². The molecule has 2 aromatic carbocycles. The summed E-state index contributed by atoms with van der Waals surface area (Å²) >= 11 is 3.34. The van der Waals surface area contributed by atoms with Gasteiger partial charge in [-0.1, -0.05) is 28.1 Å². The molecule has 2 rings (SSSR count). The number of rotatable bonds is 5. The summed E-state index contributed by atoms with van der Waals surface area (Å²) in [5, 5.41) is 19.7. The van der Waals surface area contributed by atoms with Gasteiger partial charge in [-0.05, 0) is 23.8 Å². The number of halogens is 1. The summed E-state index contributed by atoms with van der Waals surface area (Å²) in [5.41, 5.74) is 0.0312. The average molecular weight is 352 g/mol. The molecule has 1 N–H and O–H groups in total. The fourth-order valence-electron chi connectivity index (χ4n) is 1.73. The van der Waals surface area contributed by atoms with Crippen LogP contribution in [0.4, 0.5) is 5.69 Å². The Labute approximate surface area is 128 Å². The van der Waals surface area contributed by atoms with Crippen molar-refractivity contribution < 1.29 is 19.6 Å². The van der Waals surface area contributed by atoms with E-state index in [1.807, 2.05) is 24.3 Å². The topological polar surface area (TPSA) is 89.7 Å². The molecule has 0 saturated heterocycles. The van der Waals surface area contributed by atoms with Crippen LogP contribution in [0.25, 0.3) is 0 Å². The molecule has 0 aliphatic carbocycles. The lowest BCUT2D eigenvalue weighted by Gasteiger charge is -2.07. The van der Waals surface area contributed by atoms with Crippen LogP contribution in [0.5, 0.6) is 5.75 Å². The third-order valence-electron chi connectivity index (χ3n) is 2.69. The minimum absolute atomic E-state index is 0.232. The molecule has 0 saturated carbocycles. The number of hydrogen-bond donors (Lipinski definition) is 1.